The molecule has 0 spiro atoms. The second-order valence-corrected chi connectivity index (χ2v) is 4.01. The Bertz CT molecular complexity index is 208. The van der Waals surface area contributed by atoms with Crippen molar-refractivity contribution in [3.8, 4) is 0 Å². The quantitative estimate of drug-likeness (QED) is 0.624. The van der Waals surface area contributed by atoms with E-state index in [1.807, 2.05) is 6.92 Å². The minimum atomic E-state index is -0.430. The first-order valence-electron chi connectivity index (χ1n) is 4.97. The lowest BCUT2D eigenvalue weighted by Crippen LogP contribution is -2.55. The summed E-state index contributed by atoms with van der Waals surface area (Å²) in [4.78, 5) is 19.4. The van der Waals surface area contributed by atoms with Gasteiger partial charge in [-0.2, -0.15) is 5.90 Å². The van der Waals surface area contributed by atoms with Gasteiger partial charge in [-0.05, 0) is 20.8 Å². The van der Waals surface area contributed by atoms with E-state index in [0.29, 0.717) is 12.6 Å². The fraction of sp³-hybridized carbons (Fsp3) is 0.889. The zero-order valence-corrected chi connectivity index (χ0v) is 9.06. The molecule has 0 radical (unpaired) electrons. The van der Waals surface area contributed by atoms with Gasteiger partial charge in [0.15, 0.2) is 0 Å². The first-order valence-corrected chi connectivity index (χ1v) is 4.97. The third kappa shape index (κ3) is 2.36. The summed E-state index contributed by atoms with van der Waals surface area (Å²) in [6.07, 6.45) is -0.430. The maximum Gasteiger partial charge on any atom is 0.428 e. The Labute approximate surface area is 84.7 Å². The lowest BCUT2D eigenvalue weighted by atomic mass is 10.1. The van der Waals surface area contributed by atoms with Crippen molar-refractivity contribution in [2.45, 2.75) is 32.9 Å². The molecule has 0 bridgehead atoms. The second-order valence-electron chi connectivity index (χ2n) is 4.01. The Morgan fingerprint density at radius 3 is 2.57 bits per heavy atom. The Morgan fingerprint density at radius 2 is 2.14 bits per heavy atom. The molecule has 82 valence electrons. The number of hydrogen-bond donors (Lipinski definition) is 1. The number of nitrogens with zero attached hydrogens (tertiary/aromatic N) is 2. The summed E-state index contributed by atoms with van der Waals surface area (Å²) in [7, 11) is 0. The second kappa shape index (κ2) is 4.61. The molecule has 1 amide bonds. The van der Waals surface area contributed by atoms with Gasteiger partial charge in [-0.15, -0.1) is 0 Å². The van der Waals surface area contributed by atoms with Crippen LogP contribution in [0.1, 0.15) is 20.8 Å². The van der Waals surface area contributed by atoms with E-state index in [1.165, 1.54) is 0 Å². The number of piperazine rings is 1. The van der Waals surface area contributed by atoms with Crippen LogP contribution < -0.4 is 5.90 Å². The lowest BCUT2D eigenvalue weighted by molar-refractivity contribution is 0.0422. The van der Waals surface area contributed by atoms with E-state index >= 15 is 0 Å². The van der Waals surface area contributed by atoms with Gasteiger partial charge in [0.05, 0.1) is 0 Å². The Kier molecular flexibility index (Phi) is 3.71. The maximum absolute atomic E-state index is 11.2. The number of amides is 1. The predicted octanol–water partition coefficient (Wildman–Crippen LogP) is 0.411. The molecule has 1 aliphatic rings. The van der Waals surface area contributed by atoms with Crippen LogP contribution in [0.15, 0.2) is 0 Å². The van der Waals surface area contributed by atoms with E-state index in [-0.39, 0.29) is 6.04 Å². The van der Waals surface area contributed by atoms with Crippen LogP contribution in [-0.2, 0) is 4.84 Å². The molecule has 1 aliphatic heterocycles. The van der Waals surface area contributed by atoms with E-state index in [2.05, 4.69) is 23.6 Å². The normalized spacial score (nSPS) is 24.1. The molecule has 2 N–H and O–H groups in total. The van der Waals surface area contributed by atoms with Crippen LogP contribution in [0.25, 0.3) is 0 Å². The summed E-state index contributed by atoms with van der Waals surface area (Å²) >= 11 is 0. The SMILES string of the molecule is CC(C)N1CCN(C(=O)ON)C(C)C1. The average Bonchev–Trinajstić information content (AvgIpc) is 2.16. The molecule has 14 heavy (non-hydrogen) atoms. The fourth-order valence-electron chi connectivity index (χ4n) is 1.79. The van der Waals surface area contributed by atoms with Crippen molar-refractivity contribution in [3.05, 3.63) is 0 Å². The summed E-state index contributed by atoms with van der Waals surface area (Å²) < 4.78 is 0. The minimum absolute atomic E-state index is 0.169. The topological polar surface area (TPSA) is 58.8 Å². The summed E-state index contributed by atoms with van der Waals surface area (Å²) in [5, 5.41) is 0. The number of carbonyl (C=O) groups excluding carboxylic acids is 1. The van der Waals surface area contributed by atoms with Gasteiger partial charge in [0.2, 0.25) is 0 Å². The molecular weight excluding hydrogens is 182 g/mol. The van der Waals surface area contributed by atoms with E-state index < -0.39 is 6.09 Å². The number of rotatable bonds is 1. The predicted molar refractivity (Wildman–Crippen MR) is 53.5 cm³/mol. The molecule has 0 saturated carbocycles. The fourth-order valence-corrected chi connectivity index (χ4v) is 1.79. The van der Waals surface area contributed by atoms with Crippen molar-refractivity contribution in [2.24, 2.45) is 5.90 Å². The van der Waals surface area contributed by atoms with Crippen molar-refractivity contribution in [1.29, 1.82) is 0 Å². The summed E-state index contributed by atoms with van der Waals surface area (Å²) in [5.41, 5.74) is 0. The molecule has 1 rings (SSSR count). The molecule has 1 unspecified atom stereocenters. The first kappa shape index (κ1) is 11.3. The van der Waals surface area contributed by atoms with E-state index in [9.17, 15) is 4.79 Å². The molecule has 5 nitrogen and oxygen atoms in total. The number of hydrogen-bond acceptors (Lipinski definition) is 4. The van der Waals surface area contributed by atoms with Gasteiger partial charge in [-0.1, -0.05) is 0 Å². The van der Waals surface area contributed by atoms with Crippen molar-refractivity contribution in [3.63, 3.8) is 0 Å². The monoisotopic (exact) mass is 201 g/mol. The lowest BCUT2D eigenvalue weighted by Gasteiger charge is -2.40. The highest BCUT2D eigenvalue weighted by Gasteiger charge is 2.28. The van der Waals surface area contributed by atoms with Gasteiger partial charge in [-0.3, -0.25) is 4.90 Å². The molecule has 5 heteroatoms. The Balaban J connectivity index is 2.51. The molecular formula is C9H19N3O2. The molecule has 0 aliphatic carbocycles. The molecule has 1 saturated heterocycles. The minimum Gasteiger partial charge on any atom is -0.357 e. The van der Waals surface area contributed by atoms with Crippen LogP contribution in [0, 0.1) is 0 Å². The molecule has 1 atom stereocenters. The van der Waals surface area contributed by atoms with E-state index in [1.54, 1.807) is 4.90 Å². The van der Waals surface area contributed by atoms with Crippen molar-refractivity contribution < 1.29 is 9.63 Å². The highest BCUT2D eigenvalue weighted by atomic mass is 16.7. The van der Waals surface area contributed by atoms with Crippen LogP contribution in [0.3, 0.4) is 0 Å². The summed E-state index contributed by atoms with van der Waals surface area (Å²) in [5.74, 6) is 4.85. The van der Waals surface area contributed by atoms with Gasteiger partial charge in [0.1, 0.15) is 0 Å². The largest absolute Gasteiger partial charge is 0.428 e. The Morgan fingerprint density at radius 1 is 1.50 bits per heavy atom. The van der Waals surface area contributed by atoms with Gasteiger partial charge in [-0.25, -0.2) is 4.79 Å². The molecule has 1 heterocycles. The van der Waals surface area contributed by atoms with Crippen molar-refractivity contribution in [1.82, 2.24) is 9.80 Å². The van der Waals surface area contributed by atoms with Crippen LogP contribution >= 0.6 is 0 Å². The smallest absolute Gasteiger partial charge is 0.357 e. The zero-order valence-electron chi connectivity index (χ0n) is 9.06. The highest BCUT2D eigenvalue weighted by Crippen LogP contribution is 2.12. The van der Waals surface area contributed by atoms with Gasteiger partial charge < -0.3 is 9.74 Å². The van der Waals surface area contributed by atoms with E-state index in [0.717, 1.165) is 13.1 Å². The highest BCUT2D eigenvalue weighted by molar-refractivity contribution is 5.67. The van der Waals surface area contributed by atoms with Crippen LogP contribution in [0.5, 0.6) is 0 Å². The van der Waals surface area contributed by atoms with Gasteiger partial charge in [0.25, 0.3) is 0 Å². The number of carbonyl (C=O) groups is 1. The molecule has 0 aromatic rings. The molecule has 0 aromatic carbocycles. The van der Waals surface area contributed by atoms with Crippen molar-refractivity contribution in [2.75, 3.05) is 19.6 Å². The average molecular weight is 201 g/mol. The van der Waals surface area contributed by atoms with Crippen LogP contribution in [0.2, 0.25) is 0 Å². The number of nitrogens with two attached hydrogens (primary N) is 1. The van der Waals surface area contributed by atoms with Gasteiger partial charge >= 0.3 is 6.09 Å². The molecule has 0 aromatic heterocycles. The Hall–Kier alpha value is -0.810. The van der Waals surface area contributed by atoms with E-state index in [4.69, 9.17) is 5.90 Å². The van der Waals surface area contributed by atoms with Crippen LogP contribution in [-0.4, -0.2) is 47.6 Å². The third-order valence-electron chi connectivity index (χ3n) is 2.72. The maximum atomic E-state index is 11.2. The first-order chi connectivity index (χ1) is 6.56. The van der Waals surface area contributed by atoms with Crippen LogP contribution in [0.4, 0.5) is 4.79 Å². The standard InChI is InChI=1S/C9H19N3O2/c1-7(2)11-4-5-12(8(3)6-11)9(13)14-10/h7-8H,4-6,10H2,1-3H3. The van der Waals surface area contributed by atoms with Gasteiger partial charge in [0, 0.05) is 31.7 Å². The zero-order chi connectivity index (χ0) is 10.7. The summed E-state index contributed by atoms with van der Waals surface area (Å²) in [6, 6.07) is 0.690. The molecule has 1 fully saturated rings. The van der Waals surface area contributed by atoms with Crippen molar-refractivity contribution >= 4 is 6.09 Å². The third-order valence-corrected chi connectivity index (χ3v) is 2.72. The summed E-state index contributed by atoms with van der Waals surface area (Å²) in [6.45, 7) is 8.78.